The van der Waals surface area contributed by atoms with Crippen LogP contribution in [0.15, 0.2) is 24.3 Å². The normalized spacial score (nSPS) is 10.8. The summed E-state index contributed by atoms with van der Waals surface area (Å²) in [6, 6.07) is 6.00. The summed E-state index contributed by atoms with van der Waals surface area (Å²) in [4.78, 5) is 4.44. The summed E-state index contributed by atoms with van der Waals surface area (Å²) in [7, 11) is 1.65. The zero-order valence-corrected chi connectivity index (χ0v) is 8.49. The minimum absolute atomic E-state index is 0.400. The van der Waals surface area contributed by atoms with Crippen LogP contribution in [0.5, 0.6) is 5.75 Å². The maximum Gasteiger partial charge on any atom is 0.126 e. The zero-order chi connectivity index (χ0) is 10.4. The van der Waals surface area contributed by atoms with E-state index in [1.165, 1.54) is 5.56 Å². The zero-order valence-electron chi connectivity index (χ0n) is 8.49. The Labute approximate surface area is 84.1 Å². The van der Waals surface area contributed by atoms with E-state index < -0.39 is 0 Å². The highest BCUT2D eigenvalue weighted by atomic mass is 16.6. The second kappa shape index (κ2) is 5.42. The van der Waals surface area contributed by atoms with Crippen LogP contribution in [0, 0.1) is 6.92 Å². The Morgan fingerprint density at radius 3 is 2.86 bits per heavy atom. The molecule has 2 N–H and O–H groups in total. The molecule has 0 unspecified atom stereocenters. The van der Waals surface area contributed by atoms with E-state index in [1.54, 1.807) is 7.11 Å². The largest absolute Gasteiger partial charge is 0.496 e. The van der Waals surface area contributed by atoms with Crippen molar-refractivity contribution < 1.29 is 9.57 Å². The Morgan fingerprint density at radius 1 is 1.43 bits per heavy atom. The van der Waals surface area contributed by atoms with E-state index in [-0.39, 0.29) is 0 Å². The molecule has 0 heterocycles. The van der Waals surface area contributed by atoms with Crippen molar-refractivity contribution in [2.75, 3.05) is 13.7 Å². The van der Waals surface area contributed by atoms with Gasteiger partial charge in [0.15, 0.2) is 0 Å². The molecule has 0 fully saturated rings. The molecule has 0 aromatic heterocycles. The number of ether oxygens (including phenoxy) is 1. The molecule has 0 aliphatic rings. The van der Waals surface area contributed by atoms with Gasteiger partial charge in [-0.15, -0.1) is 0 Å². The van der Waals surface area contributed by atoms with Gasteiger partial charge in [0.25, 0.3) is 0 Å². The second-order valence-electron chi connectivity index (χ2n) is 2.98. The molecule has 0 aliphatic carbocycles. The van der Waals surface area contributed by atoms with Crippen LogP contribution in [-0.2, 0) is 4.84 Å². The molecule has 0 radical (unpaired) electrons. The Hall–Kier alpha value is -1.32. The number of benzene rings is 1. The first-order valence-electron chi connectivity index (χ1n) is 4.41. The summed E-state index contributed by atoms with van der Waals surface area (Å²) < 4.78 is 5.21. The van der Waals surface area contributed by atoms with Crippen LogP contribution in [0.1, 0.15) is 11.1 Å². The molecule has 1 aromatic carbocycles. The maximum atomic E-state index is 5.21. The number of hydrogen-bond acceptors (Lipinski definition) is 3. The van der Waals surface area contributed by atoms with Gasteiger partial charge in [-0.2, -0.15) is 0 Å². The predicted molar refractivity (Wildman–Crippen MR) is 56.9 cm³/mol. The number of methoxy groups -OCH3 is 1. The smallest absolute Gasteiger partial charge is 0.126 e. The van der Waals surface area contributed by atoms with Crippen LogP contribution in [0.4, 0.5) is 0 Å². The molecule has 1 rings (SSSR count). The van der Waals surface area contributed by atoms with Gasteiger partial charge in [-0.1, -0.05) is 23.8 Å². The van der Waals surface area contributed by atoms with E-state index in [4.69, 9.17) is 10.6 Å². The molecule has 0 aliphatic heterocycles. The minimum Gasteiger partial charge on any atom is -0.496 e. The maximum absolute atomic E-state index is 5.21. The van der Waals surface area contributed by atoms with Crippen LogP contribution in [0.2, 0.25) is 0 Å². The first-order valence-corrected chi connectivity index (χ1v) is 4.41. The van der Waals surface area contributed by atoms with Gasteiger partial charge in [-0.3, -0.25) is 0 Å². The Balaban J connectivity index is 2.87. The van der Waals surface area contributed by atoms with Gasteiger partial charge in [0, 0.05) is 5.56 Å². The van der Waals surface area contributed by atoms with E-state index in [0.29, 0.717) is 6.61 Å². The fraction of sp³-hybridized carbons (Fsp3) is 0.273. The molecular weight excluding hydrogens is 178 g/mol. The van der Waals surface area contributed by atoms with Crippen molar-refractivity contribution in [2.45, 2.75) is 6.92 Å². The van der Waals surface area contributed by atoms with Crippen molar-refractivity contribution >= 4 is 6.08 Å². The van der Waals surface area contributed by atoms with Crippen LogP contribution in [0.3, 0.4) is 0 Å². The van der Waals surface area contributed by atoms with Crippen LogP contribution >= 0.6 is 0 Å². The number of hydrogen-bond donors (Lipinski definition) is 1. The lowest BCUT2D eigenvalue weighted by Crippen LogP contribution is -1.97. The molecule has 76 valence electrons. The molecule has 0 saturated carbocycles. The molecule has 0 saturated heterocycles. The van der Waals surface area contributed by atoms with Crippen molar-refractivity contribution in [3.63, 3.8) is 0 Å². The molecule has 1 aromatic rings. The summed E-state index contributed by atoms with van der Waals surface area (Å²) in [5.74, 6) is 5.76. The summed E-state index contributed by atoms with van der Waals surface area (Å²) in [5, 5.41) is 0. The van der Waals surface area contributed by atoms with Gasteiger partial charge in [-0.25, -0.2) is 5.90 Å². The fourth-order valence-electron chi connectivity index (χ4n) is 1.21. The molecule has 0 spiro atoms. The molecular formula is C11H15NO2. The van der Waals surface area contributed by atoms with Gasteiger partial charge in [-0.05, 0) is 19.1 Å². The topological polar surface area (TPSA) is 44.5 Å². The first-order chi connectivity index (χ1) is 6.77. The third-order valence-electron chi connectivity index (χ3n) is 1.88. The number of rotatable bonds is 4. The molecule has 3 heteroatoms. The molecule has 0 amide bonds. The Kier molecular flexibility index (Phi) is 4.16. The highest BCUT2D eigenvalue weighted by molar-refractivity contribution is 5.58. The quantitative estimate of drug-likeness (QED) is 0.743. The van der Waals surface area contributed by atoms with Crippen LogP contribution in [-0.4, -0.2) is 13.7 Å². The number of aryl methyl sites for hydroxylation is 1. The minimum atomic E-state index is 0.400. The molecule has 0 bridgehead atoms. The van der Waals surface area contributed by atoms with E-state index in [1.807, 2.05) is 37.3 Å². The highest BCUT2D eigenvalue weighted by Crippen LogP contribution is 2.20. The molecule has 3 nitrogen and oxygen atoms in total. The average Bonchev–Trinajstić information content (AvgIpc) is 2.19. The highest BCUT2D eigenvalue weighted by Gasteiger charge is 1.98. The first kappa shape index (κ1) is 10.8. The van der Waals surface area contributed by atoms with E-state index in [9.17, 15) is 0 Å². The van der Waals surface area contributed by atoms with E-state index >= 15 is 0 Å². The van der Waals surface area contributed by atoms with Crippen molar-refractivity contribution in [3.8, 4) is 5.75 Å². The van der Waals surface area contributed by atoms with Crippen molar-refractivity contribution in [1.29, 1.82) is 0 Å². The monoisotopic (exact) mass is 193 g/mol. The third kappa shape index (κ3) is 2.87. The van der Waals surface area contributed by atoms with Crippen molar-refractivity contribution in [1.82, 2.24) is 0 Å². The molecule has 0 atom stereocenters. The average molecular weight is 193 g/mol. The van der Waals surface area contributed by atoms with Crippen molar-refractivity contribution in [3.05, 3.63) is 35.4 Å². The standard InChI is InChI=1S/C11H15NO2/c1-9-5-6-11(13-2)10(8-9)4-3-7-14-12/h3-6,8H,7,12H2,1-2H3. The molecule has 14 heavy (non-hydrogen) atoms. The predicted octanol–water partition coefficient (Wildman–Crippen LogP) is 1.91. The summed E-state index contributed by atoms with van der Waals surface area (Å²) in [5.41, 5.74) is 2.23. The van der Waals surface area contributed by atoms with Gasteiger partial charge in [0.2, 0.25) is 0 Å². The Morgan fingerprint density at radius 2 is 2.21 bits per heavy atom. The van der Waals surface area contributed by atoms with Gasteiger partial charge in [0.05, 0.1) is 13.7 Å². The third-order valence-corrected chi connectivity index (χ3v) is 1.88. The van der Waals surface area contributed by atoms with Crippen molar-refractivity contribution in [2.24, 2.45) is 5.90 Å². The van der Waals surface area contributed by atoms with Crippen LogP contribution < -0.4 is 10.6 Å². The Bertz CT molecular complexity index is 321. The van der Waals surface area contributed by atoms with E-state index in [2.05, 4.69) is 4.84 Å². The van der Waals surface area contributed by atoms with Gasteiger partial charge < -0.3 is 9.57 Å². The van der Waals surface area contributed by atoms with E-state index in [0.717, 1.165) is 11.3 Å². The SMILES string of the molecule is COc1ccc(C)cc1C=CCON. The lowest BCUT2D eigenvalue weighted by molar-refractivity contribution is 0.168. The van der Waals surface area contributed by atoms with Gasteiger partial charge >= 0.3 is 0 Å². The van der Waals surface area contributed by atoms with Gasteiger partial charge in [0.1, 0.15) is 5.75 Å². The summed E-state index contributed by atoms with van der Waals surface area (Å²) in [6.45, 7) is 2.44. The summed E-state index contributed by atoms with van der Waals surface area (Å²) in [6.07, 6.45) is 3.77. The lowest BCUT2D eigenvalue weighted by atomic mass is 10.1. The van der Waals surface area contributed by atoms with Crippen LogP contribution in [0.25, 0.3) is 6.08 Å². The summed E-state index contributed by atoms with van der Waals surface area (Å²) >= 11 is 0. The number of nitrogens with two attached hydrogens (primary N) is 1. The second-order valence-corrected chi connectivity index (χ2v) is 2.98. The lowest BCUT2D eigenvalue weighted by Gasteiger charge is -2.05. The fourth-order valence-corrected chi connectivity index (χ4v) is 1.21.